The van der Waals surface area contributed by atoms with Gasteiger partial charge in [-0.3, -0.25) is 19.3 Å². The predicted molar refractivity (Wildman–Crippen MR) is 105 cm³/mol. The highest BCUT2D eigenvalue weighted by atomic mass is 32.2. The van der Waals surface area contributed by atoms with Crippen molar-refractivity contribution in [1.82, 2.24) is 14.8 Å². The largest absolute Gasteiger partial charge is 0.494 e. The Morgan fingerprint density at radius 2 is 2.07 bits per heavy atom. The lowest BCUT2D eigenvalue weighted by Crippen LogP contribution is -2.38. The Morgan fingerprint density at radius 1 is 1.30 bits per heavy atom. The molecule has 0 saturated carbocycles. The summed E-state index contributed by atoms with van der Waals surface area (Å²) >= 11 is 0.994. The molecule has 144 valence electrons. The standard InChI is InChI=1S/C19H23N3O4S/c1-4-21-15-7-6-13(26-5-2)10-14(15)12(3)17(21)18(24)20-8-9-22-16(23)11-27-19(22)25/h6-7,10H,4-5,8-9,11H2,1-3H3,(H,20,24). The van der Waals surface area contributed by atoms with Crippen molar-refractivity contribution in [3.63, 3.8) is 0 Å². The number of imide groups is 1. The summed E-state index contributed by atoms with van der Waals surface area (Å²) < 4.78 is 7.54. The number of thioether (sulfide) groups is 1. The maximum absolute atomic E-state index is 12.8. The van der Waals surface area contributed by atoms with Crippen molar-refractivity contribution in [3.05, 3.63) is 29.5 Å². The zero-order valence-electron chi connectivity index (χ0n) is 15.7. The van der Waals surface area contributed by atoms with E-state index in [0.29, 0.717) is 18.8 Å². The summed E-state index contributed by atoms with van der Waals surface area (Å²) in [6.07, 6.45) is 0. The lowest BCUT2D eigenvalue weighted by atomic mass is 10.1. The Morgan fingerprint density at radius 3 is 2.70 bits per heavy atom. The number of aryl methyl sites for hydroxylation is 2. The molecule has 27 heavy (non-hydrogen) atoms. The second-order valence-electron chi connectivity index (χ2n) is 6.19. The Hall–Kier alpha value is -2.48. The molecule has 0 bridgehead atoms. The Kier molecular flexibility index (Phi) is 5.74. The van der Waals surface area contributed by atoms with Crippen molar-refractivity contribution in [3.8, 4) is 5.75 Å². The molecule has 0 unspecified atom stereocenters. The van der Waals surface area contributed by atoms with Gasteiger partial charge >= 0.3 is 0 Å². The third kappa shape index (κ3) is 3.66. The fraction of sp³-hybridized carbons (Fsp3) is 0.421. The third-order valence-corrected chi connectivity index (χ3v) is 5.45. The van der Waals surface area contributed by atoms with E-state index >= 15 is 0 Å². The lowest BCUT2D eigenvalue weighted by Gasteiger charge is -2.14. The molecule has 8 heteroatoms. The maximum atomic E-state index is 12.8. The van der Waals surface area contributed by atoms with Crippen molar-refractivity contribution in [2.24, 2.45) is 0 Å². The van der Waals surface area contributed by atoms with Gasteiger partial charge in [-0.1, -0.05) is 11.8 Å². The summed E-state index contributed by atoms with van der Waals surface area (Å²) in [5.41, 5.74) is 2.45. The molecule has 1 aromatic carbocycles. The monoisotopic (exact) mass is 389 g/mol. The summed E-state index contributed by atoms with van der Waals surface area (Å²) in [4.78, 5) is 37.3. The first kappa shape index (κ1) is 19.3. The zero-order chi connectivity index (χ0) is 19.6. The molecule has 1 aliphatic heterocycles. The predicted octanol–water partition coefficient (Wildman–Crippen LogP) is 2.79. The molecule has 3 amide bonds. The number of aromatic nitrogens is 1. The molecule has 2 heterocycles. The van der Waals surface area contributed by atoms with Crippen LogP contribution in [0.25, 0.3) is 10.9 Å². The molecule has 1 aliphatic rings. The van der Waals surface area contributed by atoms with Gasteiger partial charge in [0.2, 0.25) is 5.91 Å². The molecule has 1 aromatic heterocycles. The summed E-state index contributed by atoms with van der Waals surface area (Å²) in [5, 5.41) is 3.56. The summed E-state index contributed by atoms with van der Waals surface area (Å²) in [5.74, 6) is 0.534. The number of amides is 3. The molecule has 0 spiro atoms. The maximum Gasteiger partial charge on any atom is 0.288 e. The van der Waals surface area contributed by atoms with Crippen molar-refractivity contribution >= 4 is 39.7 Å². The van der Waals surface area contributed by atoms with Crippen molar-refractivity contribution in [1.29, 1.82) is 0 Å². The van der Waals surface area contributed by atoms with Gasteiger partial charge in [0.05, 0.1) is 12.4 Å². The number of carbonyl (C=O) groups is 3. The average Bonchev–Trinajstić information content (AvgIpc) is 3.12. The van der Waals surface area contributed by atoms with Crippen molar-refractivity contribution in [2.45, 2.75) is 27.3 Å². The van der Waals surface area contributed by atoms with Crippen LogP contribution in [0, 0.1) is 6.92 Å². The number of carbonyl (C=O) groups excluding carboxylic acids is 3. The summed E-state index contributed by atoms with van der Waals surface area (Å²) in [6, 6.07) is 5.82. The molecule has 2 aromatic rings. The van der Waals surface area contributed by atoms with E-state index in [-0.39, 0.29) is 35.9 Å². The molecular weight excluding hydrogens is 366 g/mol. The molecule has 1 saturated heterocycles. The topological polar surface area (TPSA) is 80.6 Å². The van der Waals surface area contributed by atoms with Gasteiger partial charge in [-0.05, 0) is 44.5 Å². The van der Waals surface area contributed by atoms with Crippen LogP contribution in [-0.4, -0.2) is 52.0 Å². The van der Waals surface area contributed by atoms with Gasteiger partial charge in [0, 0.05) is 30.5 Å². The van der Waals surface area contributed by atoms with Gasteiger partial charge in [-0.25, -0.2) is 0 Å². The second kappa shape index (κ2) is 8.04. The molecule has 0 atom stereocenters. The van der Waals surface area contributed by atoms with E-state index in [9.17, 15) is 14.4 Å². The first-order chi connectivity index (χ1) is 13.0. The van der Waals surface area contributed by atoms with E-state index < -0.39 is 0 Å². The highest BCUT2D eigenvalue weighted by Gasteiger charge is 2.29. The Labute approximate surface area is 162 Å². The number of ether oxygens (including phenoxy) is 1. The number of benzene rings is 1. The van der Waals surface area contributed by atoms with E-state index in [2.05, 4.69) is 5.32 Å². The number of hydrogen-bond acceptors (Lipinski definition) is 5. The van der Waals surface area contributed by atoms with E-state index in [1.165, 1.54) is 4.90 Å². The highest BCUT2D eigenvalue weighted by Crippen LogP contribution is 2.29. The number of fused-ring (bicyclic) bond motifs is 1. The number of rotatable bonds is 7. The number of nitrogens with zero attached hydrogens (tertiary/aromatic N) is 2. The van der Waals surface area contributed by atoms with Crippen molar-refractivity contribution < 1.29 is 19.1 Å². The van der Waals surface area contributed by atoms with Gasteiger partial charge in [0.25, 0.3) is 11.1 Å². The van der Waals surface area contributed by atoms with Crippen molar-refractivity contribution in [2.75, 3.05) is 25.4 Å². The molecular formula is C19H23N3O4S. The van der Waals surface area contributed by atoms with Gasteiger partial charge in [0.15, 0.2) is 0 Å². The third-order valence-electron chi connectivity index (χ3n) is 4.59. The van der Waals surface area contributed by atoms with Crippen LogP contribution in [0.3, 0.4) is 0 Å². The Balaban J connectivity index is 1.80. The van der Waals surface area contributed by atoms with Crippen LogP contribution < -0.4 is 10.1 Å². The van der Waals surface area contributed by atoms with Crippen LogP contribution in [0.15, 0.2) is 18.2 Å². The van der Waals surface area contributed by atoms with E-state index in [1.54, 1.807) is 0 Å². The van der Waals surface area contributed by atoms with Gasteiger partial charge < -0.3 is 14.6 Å². The normalized spacial score (nSPS) is 14.3. The average molecular weight is 389 g/mol. The quantitative estimate of drug-likeness (QED) is 0.788. The van der Waals surface area contributed by atoms with Crippen LogP contribution in [0.1, 0.15) is 29.9 Å². The first-order valence-electron chi connectivity index (χ1n) is 8.98. The van der Waals surface area contributed by atoms with Crippen LogP contribution in [0.4, 0.5) is 4.79 Å². The molecule has 0 radical (unpaired) electrons. The number of nitrogens with one attached hydrogen (secondary N) is 1. The molecule has 0 aliphatic carbocycles. The molecule has 1 N–H and O–H groups in total. The summed E-state index contributed by atoms with van der Waals surface area (Å²) in [7, 11) is 0. The molecule has 7 nitrogen and oxygen atoms in total. The Bertz CT molecular complexity index is 890. The summed E-state index contributed by atoms with van der Waals surface area (Å²) in [6.45, 7) is 7.50. The fourth-order valence-electron chi connectivity index (χ4n) is 3.34. The first-order valence-corrected chi connectivity index (χ1v) is 9.97. The van der Waals surface area contributed by atoms with Crippen LogP contribution in [0.5, 0.6) is 5.75 Å². The van der Waals surface area contributed by atoms with E-state index in [1.807, 2.05) is 43.5 Å². The van der Waals surface area contributed by atoms with Gasteiger partial charge in [-0.2, -0.15) is 0 Å². The zero-order valence-corrected chi connectivity index (χ0v) is 16.5. The van der Waals surface area contributed by atoms with Crippen LogP contribution in [0.2, 0.25) is 0 Å². The minimum absolute atomic E-state index is 0.179. The van der Waals surface area contributed by atoms with E-state index in [4.69, 9.17) is 4.74 Å². The second-order valence-corrected chi connectivity index (χ2v) is 7.11. The van der Waals surface area contributed by atoms with Crippen LogP contribution >= 0.6 is 11.8 Å². The number of hydrogen-bond donors (Lipinski definition) is 1. The minimum Gasteiger partial charge on any atom is -0.494 e. The minimum atomic E-state index is -0.253. The lowest BCUT2D eigenvalue weighted by molar-refractivity contribution is -0.124. The van der Waals surface area contributed by atoms with Gasteiger partial charge in [0.1, 0.15) is 11.4 Å². The SMILES string of the molecule is CCOc1ccc2c(c1)c(C)c(C(=O)NCCN1C(=O)CSC1=O)n2CC. The van der Waals surface area contributed by atoms with E-state index in [0.717, 1.165) is 34.0 Å². The molecule has 1 fully saturated rings. The smallest absolute Gasteiger partial charge is 0.288 e. The highest BCUT2D eigenvalue weighted by molar-refractivity contribution is 8.14. The van der Waals surface area contributed by atoms with Crippen LogP contribution in [-0.2, 0) is 11.3 Å². The fourth-order valence-corrected chi connectivity index (χ4v) is 4.09. The molecule has 3 rings (SSSR count). The van der Waals surface area contributed by atoms with Gasteiger partial charge in [-0.15, -0.1) is 0 Å².